The van der Waals surface area contributed by atoms with Crippen LogP contribution in [0.3, 0.4) is 0 Å². The molecule has 2 aliphatic rings. The second kappa shape index (κ2) is 9.92. The smallest absolute Gasteiger partial charge is 0.179 e. The average molecular weight is 536 g/mol. The lowest BCUT2D eigenvalue weighted by atomic mass is 9.81. The minimum atomic E-state index is -0.117. The third-order valence-electron chi connectivity index (χ3n) is 8.71. The van der Waals surface area contributed by atoms with Gasteiger partial charge in [0.25, 0.3) is 0 Å². The highest BCUT2D eigenvalue weighted by molar-refractivity contribution is 5.82. The summed E-state index contributed by atoms with van der Waals surface area (Å²) in [7, 11) is 0. The number of nitriles is 2. The van der Waals surface area contributed by atoms with E-state index < -0.39 is 0 Å². The Morgan fingerprint density at radius 2 is 1.98 bits per heavy atom. The summed E-state index contributed by atoms with van der Waals surface area (Å²) >= 11 is 0. The van der Waals surface area contributed by atoms with Crippen molar-refractivity contribution in [2.24, 2.45) is 0 Å². The van der Waals surface area contributed by atoms with Crippen molar-refractivity contribution in [2.45, 2.75) is 64.2 Å². The third kappa shape index (κ3) is 4.23. The van der Waals surface area contributed by atoms with Gasteiger partial charge < -0.3 is 10.2 Å². The molecular weight excluding hydrogens is 502 g/mol. The number of anilines is 1. The highest BCUT2D eigenvalue weighted by Gasteiger charge is 2.49. The number of rotatable bonds is 6. The van der Waals surface area contributed by atoms with Gasteiger partial charge in [-0.2, -0.15) is 15.6 Å². The molecule has 0 saturated carbocycles. The molecule has 0 amide bonds. The number of aromatic nitrogens is 6. The molecule has 204 valence electrons. The lowest BCUT2D eigenvalue weighted by Gasteiger charge is -2.57. The second-order valence-electron chi connectivity index (χ2n) is 11.3. The van der Waals surface area contributed by atoms with Gasteiger partial charge in [0.05, 0.1) is 52.5 Å². The predicted molar refractivity (Wildman–Crippen MR) is 150 cm³/mol. The highest BCUT2D eigenvalue weighted by atomic mass is 15.5. The fraction of sp³-hybridized carbons (Fsp3) is 0.448. The Labute approximate surface area is 233 Å². The molecular formula is C29H33N11. The standard InChI is InChI=1S/C29H33N11/c1-19(24-7-5-6-10-32-24)34-25-13-21(16-39-28(25)22(14-30)15-33-39)27-20(2)40(36-35-27)23-8-11-37(12-9-23)26-17-38(18-31)29(26,3)4/h5-7,10,13,15-16,19,23,26,34H,8-9,11-12,17H2,1-4H3/t19-,26-/m1/s1. The van der Waals surface area contributed by atoms with Crippen molar-refractivity contribution in [3.63, 3.8) is 0 Å². The molecule has 0 unspecified atom stereocenters. The van der Waals surface area contributed by atoms with E-state index >= 15 is 0 Å². The maximum Gasteiger partial charge on any atom is 0.179 e. The normalized spacial score (nSPS) is 20.1. The zero-order valence-electron chi connectivity index (χ0n) is 23.3. The fourth-order valence-corrected chi connectivity index (χ4v) is 6.21. The van der Waals surface area contributed by atoms with Crippen molar-refractivity contribution in [3.05, 3.63) is 59.8 Å². The minimum absolute atomic E-state index is 0.0791. The molecule has 4 aromatic heterocycles. The van der Waals surface area contributed by atoms with Crippen molar-refractivity contribution < 1.29 is 0 Å². The van der Waals surface area contributed by atoms with Gasteiger partial charge >= 0.3 is 0 Å². The summed E-state index contributed by atoms with van der Waals surface area (Å²) in [6, 6.07) is 10.7. The topological polar surface area (TPSA) is 127 Å². The van der Waals surface area contributed by atoms with Crippen molar-refractivity contribution in [3.8, 4) is 23.5 Å². The molecule has 2 atom stereocenters. The van der Waals surface area contributed by atoms with Crippen LogP contribution in [0, 0.1) is 29.7 Å². The van der Waals surface area contributed by atoms with Crippen LogP contribution in [0.4, 0.5) is 5.69 Å². The van der Waals surface area contributed by atoms with Crippen molar-refractivity contribution in [2.75, 3.05) is 25.0 Å². The molecule has 11 heteroatoms. The van der Waals surface area contributed by atoms with Crippen LogP contribution in [0.15, 0.2) is 42.9 Å². The summed E-state index contributed by atoms with van der Waals surface area (Å²) in [5, 5.41) is 36.3. The van der Waals surface area contributed by atoms with Crippen LogP contribution in [0.1, 0.15) is 62.6 Å². The van der Waals surface area contributed by atoms with Crippen LogP contribution < -0.4 is 5.32 Å². The predicted octanol–water partition coefficient (Wildman–Crippen LogP) is 3.92. The van der Waals surface area contributed by atoms with Gasteiger partial charge in [-0.3, -0.25) is 9.88 Å². The molecule has 4 aromatic rings. The van der Waals surface area contributed by atoms with Crippen molar-refractivity contribution in [1.82, 2.24) is 39.4 Å². The van der Waals surface area contributed by atoms with Gasteiger partial charge in [0, 0.05) is 37.6 Å². The number of fused-ring (bicyclic) bond motifs is 1. The van der Waals surface area contributed by atoms with Gasteiger partial charge in [-0.25, -0.2) is 9.20 Å². The first-order valence-corrected chi connectivity index (χ1v) is 13.7. The van der Waals surface area contributed by atoms with Crippen LogP contribution in [-0.4, -0.2) is 70.6 Å². The second-order valence-corrected chi connectivity index (χ2v) is 11.3. The zero-order valence-corrected chi connectivity index (χ0v) is 23.3. The Bertz CT molecular complexity index is 1610. The van der Waals surface area contributed by atoms with E-state index in [0.29, 0.717) is 11.6 Å². The zero-order chi connectivity index (χ0) is 28.0. The van der Waals surface area contributed by atoms with Gasteiger partial charge in [0.1, 0.15) is 17.3 Å². The van der Waals surface area contributed by atoms with E-state index in [1.54, 1.807) is 16.9 Å². The summed E-state index contributed by atoms with van der Waals surface area (Å²) in [5.74, 6) is 0. The Balaban J connectivity index is 1.25. The molecule has 2 saturated heterocycles. The molecule has 6 rings (SSSR count). The first-order chi connectivity index (χ1) is 19.3. The molecule has 40 heavy (non-hydrogen) atoms. The van der Waals surface area contributed by atoms with Crippen molar-refractivity contribution >= 4 is 11.2 Å². The number of nitrogens with one attached hydrogen (secondary N) is 1. The minimum Gasteiger partial charge on any atom is -0.375 e. The fourth-order valence-electron chi connectivity index (χ4n) is 6.21. The quantitative estimate of drug-likeness (QED) is 0.365. The summed E-state index contributed by atoms with van der Waals surface area (Å²) in [6.07, 6.45) is 9.57. The number of hydrogen-bond acceptors (Lipinski definition) is 9. The number of nitrogens with zero attached hydrogens (tertiary/aromatic N) is 10. The van der Waals surface area contributed by atoms with Crippen LogP contribution in [0.25, 0.3) is 16.8 Å². The number of likely N-dealkylation sites (tertiary alicyclic amines) is 2. The molecule has 1 N–H and O–H groups in total. The van der Waals surface area contributed by atoms with E-state index in [4.69, 9.17) is 0 Å². The lowest BCUT2D eigenvalue weighted by Crippen LogP contribution is -2.71. The number of piperidine rings is 1. The van der Waals surface area contributed by atoms with Crippen LogP contribution in [0.2, 0.25) is 0 Å². The number of hydrogen-bond donors (Lipinski definition) is 1. The van der Waals surface area contributed by atoms with Crippen LogP contribution in [-0.2, 0) is 0 Å². The molecule has 2 aliphatic heterocycles. The Morgan fingerprint density at radius 1 is 1.18 bits per heavy atom. The first-order valence-electron chi connectivity index (χ1n) is 13.7. The first kappa shape index (κ1) is 25.8. The van der Waals surface area contributed by atoms with E-state index in [1.165, 1.54) is 0 Å². The van der Waals surface area contributed by atoms with Gasteiger partial charge in [-0.05, 0) is 58.7 Å². The maximum absolute atomic E-state index is 9.72. The Morgan fingerprint density at radius 3 is 2.65 bits per heavy atom. The molecule has 0 radical (unpaired) electrons. The van der Waals surface area contributed by atoms with E-state index in [-0.39, 0.29) is 17.6 Å². The molecule has 0 aromatic carbocycles. The molecule has 6 heterocycles. The lowest BCUT2D eigenvalue weighted by molar-refractivity contribution is -0.0603. The Hall–Kier alpha value is -4.48. The van der Waals surface area contributed by atoms with E-state index in [1.807, 2.05) is 42.3 Å². The molecule has 11 nitrogen and oxygen atoms in total. The summed E-state index contributed by atoms with van der Waals surface area (Å²) in [4.78, 5) is 8.87. The average Bonchev–Trinajstić information content (AvgIpc) is 3.56. The van der Waals surface area contributed by atoms with Gasteiger partial charge in [0.2, 0.25) is 0 Å². The number of pyridine rings is 2. The molecule has 2 fully saturated rings. The van der Waals surface area contributed by atoms with E-state index in [9.17, 15) is 10.5 Å². The van der Waals surface area contributed by atoms with E-state index in [2.05, 4.69) is 68.3 Å². The van der Waals surface area contributed by atoms with Gasteiger partial charge in [-0.1, -0.05) is 11.3 Å². The molecule has 0 aliphatic carbocycles. The van der Waals surface area contributed by atoms with Gasteiger partial charge in [-0.15, -0.1) is 5.10 Å². The van der Waals surface area contributed by atoms with Gasteiger partial charge in [0.15, 0.2) is 6.19 Å². The highest BCUT2D eigenvalue weighted by Crippen LogP contribution is 2.37. The SMILES string of the molecule is Cc1c(-c2cc(N[C@H](C)c3ccccn3)c3c(C#N)cnn3c2)nnn1C1CCN([C@@H]2CN(C#N)C2(C)C)CC1. The summed E-state index contributed by atoms with van der Waals surface area (Å²) in [5.41, 5.74) is 5.50. The molecule has 0 spiro atoms. The van der Waals surface area contributed by atoms with Crippen LogP contribution in [0.5, 0.6) is 0 Å². The summed E-state index contributed by atoms with van der Waals surface area (Å²) < 4.78 is 3.81. The van der Waals surface area contributed by atoms with Crippen LogP contribution >= 0.6 is 0 Å². The third-order valence-corrected chi connectivity index (χ3v) is 8.71. The molecule has 0 bridgehead atoms. The van der Waals surface area contributed by atoms with E-state index in [0.717, 1.165) is 66.3 Å². The summed E-state index contributed by atoms with van der Waals surface area (Å²) in [6.45, 7) is 11.2. The maximum atomic E-state index is 9.72. The van der Waals surface area contributed by atoms with Crippen molar-refractivity contribution in [1.29, 1.82) is 10.5 Å². The monoisotopic (exact) mass is 535 g/mol. The Kier molecular flexibility index (Phi) is 6.40. The largest absolute Gasteiger partial charge is 0.375 e.